The first kappa shape index (κ1) is 16.1. The number of halogens is 1. The van der Waals surface area contributed by atoms with Crippen molar-refractivity contribution in [3.63, 3.8) is 0 Å². The quantitative estimate of drug-likeness (QED) is 0.641. The topological polar surface area (TPSA) is 50.3 Å². The second-order valence-electron chi connectivity index (χ2n) is 7.26. The van der Waals surface area contributed by atoms with Gasteiger partial charge in [0.15, 0.2) is 0 Å². The number of carbonyl (C=O) groups excluding carboxylic acids is 2. The Morgan fingerprint density at radius 3 is 2.37 bits per heavy atom. The van der Waals surface area contributed by atoms with E-state index in [-0.39, 0.29) is 17.6 Å². The minimum atomic E-state index is -0.465. The second kappa shape index (κ2) is 5.71. The van der Waals surface area contributed by atoms with Crippen molar-refractivity contribution in [2.24, 2.45) is 0 Å². The van der Waals surface area contributed by atoms with E-state index in [2.05, 4.69) is 4.98 Å². The summed E-state index contributed by atoms with van der Waals surface area (Å²) >= 11 is 0. The number of nitrogens with zero attached hydrogens (tertiary/aromatic N) is 2. The van der Waals surface area contributed by atoms with E-state index in [1.165, 1.54) is 17.0 Å². The Kier molecular flexibility index (Phi) is 3.41. The van der Waals surface area contributed by atoms with E-state index < -0.39 is 6.04 Å². The molecule has 1 unspecified atom stereocenters. The molecule has 0 N–H and O–H groups in total. The van der Waals surface area contributed by atoms with Crippen LogP contribution in [0.15, 0.2) is 48.7 Å². The van der Waals surface area contributed by atoms with Gasteiger partial charge in [0.25, 0.3) is 11.8 Å². The number of benzene rings is 2. The van der Waals surface area contributed by atoms with E-state index >= 15 is 0 Å². The third kappa shape index (κ3) is 2.38. The molecule has 3 aromatic rings. The Balaban J connectivity index is 1.65. The van der Waals surface area contributed by atoms with Gasteiger partial charge in [0.1, 0.15) is 5.82 Å². The maximum Gasteiger partial charge on any atom is 0.262 e. The van der Waals surface area contributed by atoms with E-state index in [0.29, 0.717) is 17.0 Å². The molecule has 1 aliphatic heterocycles. The molecule has 2 amide bonds. The van der Waals surface area contributed by atoms with Crippen LogP contribution < -0.4 is 0 Å². The molecular weight excluding hydrogens is 343 g/mol. The summed E-state index contributed by atoms with van der Waals surface area (Å²) in [6, 6.07) is 11.0. The Morgan fingerprint density at radius 1 is 1.07 bits per heavy atom. The minimum Gasteiger partial charge on any atom is -0.269 e. The van der Waals surface area contributed by atoms with E-state index in [0.717, 1.165) is 34.9 Å². The molecule has 2 heterocycles. The van der Waals surface area contributed by atoms with Crippen molar-refractivity contribution in [2.75, 3.05) is 0 Å². The molecule has 5 rings (SSSR count). The van der Waals surface area contributed by atoms with Gasteiger partial charge in [-0.25, -0.2) is 4.39 Å². The summed E-state index contributed by atoms with van der Waals surface area (Å²) < 4.78 is 13.9. The minimum absolute atomic E-state index is 0.288. The van der Waals surface area contributed by atoms with Crippen molar-refractivity contribution in [1.29, 1.82) is 0 Å². The lowest BCUT2D eigenvalue weighted by molar-refractivity contribution is 0.0594. The Morgan fingerprint density at radius 2 is 1.74 bits per heavy atom. The second-order valence-corrected chi connectivity index (χ2v) is 7.26. The summed E-state index contributed by atoms with van der Waals surface area (Å²) in [5, 5.41) is 0.776. The van der Waals surface area contributed by atoms with Crippen molar-refractivity contribution < 1.29 is 14.0 Å². The zero-order valence-electron chi connectivity index (χ0n) is 14.8. The van der Waals surface area contributed by atoms with Crippen LogP contribution in [0.25, 0.3) is 10.9 Å². The van der Waals surface area contributed by atoms with Gasteiger partial charge >= 0.3 is 0 Å². The van der Waals surface area contributed by atoms with Crippen LogP contribution in [0.5, 0.6) is 0 Å². The van der Waals surface area contributed by atoms with Crippen LogP contribution >= 0.6 is 0 Å². The van der Waals surface area contributed by atoms with Gasteiger partial charge in [-0.3, -0.25) is 19.5 Å². The zero-order valence-corrected chi connectivity index (χ0v) is 14.8. The van der Waals surface area contributed by atoms with Crippen molar-refractivity contribution in [1.82, 2.24) is 9.88 Å². The van der Waals surface area contributed by atoms with Crippen molar-refractivity contribution in [3.05, 3.63) is 76.7 Å². The summed E-state index contributed by atoms with van der Waals surface area (Å²) in [7, 11) is 0. The van der Waals surface area contributed by atoms with Crippen LogP contribution in [0.4, 0.5) is 4.39 Å². The number of fused-ring (bicyclic) bond motifs is 2. The predicted octanol–water partition coefficient (Wildman–Crippen LogP) is 4.61. The lowest BCUT2D eigenvalue weighted by atomic mass is 9.94. The lowest BCUT2D eigenvalue weighted by Crippen LogP contribution is -2.33. The van der Waals surface area contributed by atoms with Crippen molar-refractivity contribution in [2.45, 2.75) is 31.7 Å². The summed E-state index contributed by atoms with van der Waals surface area (Å²) in [6.07, 6.45) is 3.79. The largest absolute Gasteiger partial charge is 0.269 e. The zero-order chi connectivity index (χ0) is 18.7. The first-order valence-corrected chi connectivity index (χ1v) is 9.11. The number of imide groups is 1. The maximum absolute atomic E-state index is 13.9. The Labute approximate surface area is 155 Å². The average molecular weight is 360 g/mol. The highest BCUT2D eigenvalue weighted by atomic mass is 19.1. The lowest BCUT2D eigenvalue weighted by Gasteiger charge is -2.25. The summed E-state index contributed by atoms with van der Waals surface area (Å²) in [5.41, 5.74) is 3.44. The smallest absolute Gasteiger partial charge is 0.262 e. The number of pyridine rings is 1. The normalized spacial score (nSPS) is 17.5. The van der Waals surface area contributed by atoms with Gasteiger partial charge in [-0.1, -0.05) is 12.1 Å². The fraction of sp³-hybridized carbons (Fsp3) is 0.227. The monoisotopic (exact) mass is 360 g/mol. The molecule has 27 heavy (non-hydrogen) atoms. The van der Waals surface area contributed by atoms with E-state index in [9.17, 15) is 14.0 Å². The SMILES string of the molecule is CC(c1cnc2ccc(F)cc2c1C1CC1)N1C(=O)c2ccccc2C1=O. The molecule has 1 fully saturated rings. The van der Waals surface area contributed by atoms with Gasteiger partial charge in [-0.05, 0) is 67.1 Å². The highest BCUT2D eigenvalue weighted by molar-refractivity contribution is 6.21. The molecule has 1 saturated carbocycles. The Hall–Kier alpha value is -3.08. The van der Waals surface area contributed by atoms with Crippen molar-refractivity contribution >= 4 is 22.7 Å². The number of rotatable bonds is 3. The third-order valence-corrected chi connectivity index (χ3v) is 5.55. The van der Waals surface area contributed by atoms with Crippen LogP contribution in [-0.4, -0.2) is 21.7 Å². The molecule has 0 radical (unpaired) electrons. The predicted molar refractivity (Wildman–Crippen MR) is 99.0 cm³/mol. The molecule has 0 bridgehead atoms. The highest BCUT2D eigenvalue weighted by Crippen LogP contribution is 2.47. The van der Waals surface area contributed by atoms with Crippen LogP contribution in [0.3, 0.4) is 0 Å². The molecule has 1 aromatic heterocycles. The summed E-state index contributed by atoms with van der Waals surface area (Å²) in [4.78, 5) is 31.5. The highest BCUT2D eigenvalue weighted by Gasteiger charge is 2.40. The first-order chi connectivity index (χ1) is 13.1. The number of aromatic nitrogens is 1. The van der Waals surface area contributed by atoms with E-state index in [1.54, 1.807) is 36.5 Å². The third-order valence-electron chi connectivity index (χ3n) is 5.55. The molecule has 134 valence electrons. The van der Waals surface area contributed by atoms with Gasteiger partial charge in [0.2, 0.25) is 0 Å². The summed E-state index contributed by atoms with van der Waals surface area (Å²) in [6.45, 7) is 1.84. The van der Waals surface area contributed by atoms with Crippen LogP contribution in [0.2, 0.25) is 0 Å². The standard InChI is InChI=1S/C22H17FN2O2/c1-12(25-21(26)15-4-2-3-5-16(15)22(25)27)18-11-24-19-9-8-14(23)10-17(19)20(18)13-6-7-13/h2-5,8-13H,6-7H2,1H3. The summed E-state index contributed by atoms with van der Waals surface area (Å²) in [5.74, 6) is -0.560. The van der Waals surface area contributed by atoms with Gasteiger partial charge in [0.05, 0.1) is 22.7 Å². The van der Waals surface area contributed by atoms with Gasteiger partial charge in [-0.2, -0.15) is 0 Å². The molecule has 1 atom stereocenters. The fourth-order valence-corrected chi connectivity index (χ4v) is 4.06. The van der Waals surface area contributed by atoms with Crippen LogP contribution in [-0.2, 0) is 0 Å². The molecular formula is C22H17FN2O2. The van der Waals surface area contributed by atoms with Gasteiger partial charge < -0.3 is 0 Å². The number of carbonyl (C=O) groups is 2. The van der Waals surface area contributed by atoms with E-state index in [4.69, 9.17) is 0 Å². The molecule has 0 saturated heterocycles. The first-order valence-electron chi connectivity index (χ1n) is 9.11. The molecule has 2 aliphatic rings. The number of hydrogen-bond acceptors (Lipinski definition) is 3. The molecule has 1 aliphatic carbocycles. The van der Waals surface area contributed by atoms with E-state index in [1.807, 2.05) is 6.92 Å². The van der Waals surface area contributed by atoms with Crippen LogP contribution in [0.1, 0.15) is 63.6 Å². The maximum atomic E-state index is 13.9. The average Bonchev–Trinajstić information content (AvgIpc) is 3.48. The van der Waals surface area contributed by atoms with Crippen LogP contribution in [0, 0.1) is 5.82 Å². The number of amides is 2. The van der Waals surface area contributed by atoms with Gasteiger partial charge in [-0.15, -0.1) is 0 Å². The fourth-order valence-electron chi connectivity index (χ4n) is 4.06. The number of hydrogen-bond donors (Lipinski definition) is 0. The van der Waals surface area contributed by atoms with Crippen molar-refractivity contribution in [3.8, 4) is 0 Å². The van der Waals surface area contributed by atoms with Gasteiger partial charge in [0, 0.05) is 11.6 Å². The molecule has 0 spiro atoms. The molecule has 2 aromatic carbocycles. The Bertz CT molecular complexity index is 1090. The molecule has 5 heteroatoms. The molecule has 4 nitrogen and oxygen atoms in total.